The first-order valence-electron chi connectivity index (χ1n) is 9.12. The molecule has 4 bridgehead atoms. The van der Waals surface area contributed by atoms with Gasteiger partial charge in [-0.2, -0.15) is 4.98 Å². The molecule has 9 nitrogen and oxygen atoms in total. The standard InChI is InChI=1S/C18H23IN6O3S/c1-3-28-18(26)25-29(2,27)15-7-6-12-10-14(15)20-8-4-5-9-21-16-13(19)11-22-17(23-12)24-16/h6-7,10-11,20H,2-5,8-9H2,1H3,(H,25,26,27)(H2,21,22,23,24). The molecule has 156 valence electrons. The summed E-state index contributed by atoms with van der Waals surface area (Å²) in [6.45, 7) is 3.31. The number of nitrogens with zero attached hydrogens (tertiary/aromatic N) is 2. The molecule has 1 atom stereocenters. The van der Waals surface area contributed by atoms with Gasteiger partial charge in [0, 0.05) is 25.0 Å². The van der Waals surface area contributed by atoms with Crippen LogP contribution in [0.1, 0.15) is 19.8 Å². The van der Waals surface area contributed by atoms with Crippen molar-refractivity contribution in [2.45, 2.75) is 24.7 Å². The average Bonchev–Trinajstić information content (AvgIpc) is 2.67. The van der Waals surface area contributed by atoms with E-state index in [-0.39, 0.29) is 6.61 Å². The molecule has 0 spiro atoms. The van der Waals surface area contributed by atoms with Crippen LogP contribution in [-0.2, 0) is 14.4 Å². The second-order valence-electron chi connectivity index (χ2n) is 6.28. The monoisotopic (exact) mass is 530 g/mol. The number of amides is 1. The van der Waals surface area contributed by atoms with Crippen molar-refractivity contribution in [3.05, 3.63) is 28.0 Å². The predicted molar refractivity (Wildman–Crippen MR) is 124 cm³/mol. The Morgan fingerprint density at radius 1 is 1.34 bits per heavy atom. The van der Waals surface area contributed by atoms with Gasteiger partial charge in [-0.3, -0.25) is 0 Å². The van der Waals surface area contributed by atoms with Gasteiger partial charge in [-0.25, -0.2) is 18.7 Å². The number of fused-ring (bicyclic) bond motifs is 4. The van der Waals surface area contributed by atoms with E-state index in [0.717, 1.165) is 28.8 Å². The summed E-state index contributed by atoms with van der Waals surface area (Å²) in [4.78, 5) is 21.0. The molecule has 0 saturated carbocycles. The predicted octanol–water partition coefficient (Wildman–Crippen LogP) is 3.18. The molecule has 1 aliphatic rings. The minimum Gasteiger partial charge on any atom is -0.449 e. The Morgan fingerprint density at radius 2 is 2.10 bits per heavy atom. The Hall–Kier alpha value is -2.28. The lowest BCUT2D eigenvalue weighted by Crippen LogP contribution is -2.31. The summed E-state index contributed by atoms with van der Waals surface area (Å²) in [5, 5.41) is 9.78. The maximum atomic E-state index is 13.1. The van der Waals surface area contributed by atoms with Gasteiger partial charge >= 0.3 is 6.09 Å². The van der Waals surface area contributed by atoms with Crippen molar-refractivity contribution in [2.24, 2.45) is 0 Å². The van der Waals surface area contributed by atoms with Gasteiger partial charge in [0.05, 0.1) is 30.5 Å². The van der Waals surface area contributed by atoms with Crippen LogP contribution in [0.2, 0.25) is 0 Å². The molecular formula is C18H23IN6O3S. The summed E-state index contributed by atoms with van der Waals surface area (Å²) in [6.07, 6.45) is 2.79. The van der Waals surface area contributed by atoms with Gasteiger partial charge in [0.1, 0.15) is 5.82 Å². The topological polar surface area (TPSA) is 117 Å². The summed E-state index contributed by atoms with van der Waals surface area (Å²) in [5.41, 5.74) is 1.33. The lowest BCUT2D eigenvalue weighted by Gasteiger charge is -2.18. The van der Waals surface area contributed by atoms with Crippen molar-refractivity contribution in [3.8, 4) is 0 Å². The van der Waals surface area contributed by atoms with E-state index >= 15 is 0 Å². The van der Waals surface area contributed by atoms with Gasteiger partial charge in [0.15, 0.2) is 0 Å². The van der Waals surface area contributed by atoms with Crippen molar-refractivity contribution < 1.29 is 13.7 Å². The molecule has 0 saturated heterocycles. The zero-order valence-electron chi connectivity index (χ0n) is 16.0. The maximum absolute atomic E-state index is 13.1. The van der Waals surface area contributed by atoms with E-state index < -0.39 is 15.8 Å². The van der Waals surface area contributed by atoms with Crippen molar-refractivity contribution in [3.63, 3.8) is 0 Å². The van der Waals surface area contributed by atoms with Crippen LogP contribution in [0.15, 0.2) is 29.3 Å². The minimum absolute atomic E-state index is 0.182. The number of rotatable bonds is 3. The summed E-state index contributed by atoms with van der Waals surface area (Å²) < 4.78 is 21.2. The zero-order valence-corrected chi connectivity index (χ0v) is 18.9. The fraction of sp³-hybridized carbons (Fsp3) is 0.333. The Balaban J connectivity index is 1.94. The second kappa shape index (κ2) is 9.48. The number of ether oxygens (including phenoxy) is 1. The SMILES string of the molecule is C=S(=O)(NC(=O)OCC)c1ccc2cc1NCCCCNc1nc(ncc1I)N2. The number of halogens is 1. The number of hydrogen-bond donors (Lipinski definition) is 4. The molecule has 0 aliphatic carbocycles. The van der Waals surface area contributed by atoms with E-state index in [9.17, 15) is 9.00 Å². The van der Waals surface area contributed by atoms with Crippen LogP contribution in [0.5, 0.6) is 0 Å². The molecule has 1 amide bonds. The third-order valence-electron chi connectivity index (χ3n) is 4.07. The summed E-state index contributed by atoms with van der Waals surface area (Å²) >= 11 is 2.20. The fourth-order valence-electron chi connectivity index (χ4n) is 2.74. The highest BCUT2D eigenvalue weighted by Gasteiger charge is 2.18. The van der Waals surface area contributed by atoms with E-state index in [1.807, 2.05) is 0 Å². The third-order valence-corrected chi connectivity index (χ3v) is 6.42. The molecule has 0 fully saturated rings. The third kappa shape index (κ3) is 5.63. The average molecular weight is 530 g/mol. The van der Waals surface area contributed by atoms with E-state index in [1.54, 1.807) is 31.3 Å². The molecule has 1 aromatic heterocycles. The summed E-state index contributed by atoms with van der Waals surface area (Å²) in [7, 11) is -3.10. The highest BCUT2D eigenvalue weighted by atomic mass is 127. The zero-order chi connectivity index (χ0) is 20.9. The summed E-state index contributed by atoms with van der Waals surface area (Å²) in [5.74, 6) is 4.95. The molecule has 2 aromatic rings. The van der Waals surface area contributed by atoms with Gasteiger partial charge in [0.2, 0.25) is 5.95 Å². The van der Waals surface area contributed by atoms with Gasteiger partial charge < -0.3 is 20.7 Å². The van der Waals surface area contributed by atoms with Crippen LogP contribution in [0, 0.1) is 3.57 Å². The molecule has 1 unspecified atom stereocenters. The highest BCUT2D eigenvalue weighted by Crippen LogP contribution is 2.28. The quantitative estimate of drug-likeness (QED) is 0.353. The number of nitrogens with one attached hydrogen (secondary N) is 4. The fourth-order valence-corrected chi connectivity index (χ4v) is 4.41. The first-order chi connectivity index (χ1) is 13.9. The molecule has 3 rings (SSSR count). The van der Waals surface area contributed by atoms with Gasteiger partial charge in [0.25, 0.3) is 0 Å². The Morgan fingerprint density at radius 3 is 2.86 bits per heavy atom. The molecule has 1 aliphatic heterocycles. The largest absolute Gasteiger partial charge is 0.449 e. The molecule has 0 radical (unpaired) electrons. The maximum Gasteiger partial charge on any atom is 0.418 e. The van der Waals surface area contributed by atoms with E-state index in [1.165, 1.54) is 0 Å². The second-order valence-corrected chi connectivity index (χ2v) is 9.44. The van der Waals surface area contributed by atoms with Crippen LogP contribution < -0.4 is 20.7 Å². The molecule has 4 N–H and O–H groups in total. The Kier molecular flexibility index (Phi) is 7.00. The number of anilines is 4. The lowest BCUT2D eigenvalue weighted by atomic mass is 10.2. The van der Waals surface area contributed by atoms with E-state index in [4.69, 9.17) is 4.74 Å². The number of hydrogen-bond acceptors (Lipinski definition) is 8. The van der Waals surface area contributed by atoms with Crippen molar-refractivity contribution in [1.82, 2.24) is 14.7 Å². The number of carbonyl (C=O) groups is 1. The first-order valence-corrected chi connectivity index (χ1v) is 11.9. The highest BCUT2D eigenvalue weighted by molar-refractivity contribution is 14.1. The van der Waals surface area contributed by atoms with Crippen molar-refractivity contribution in [2.75, 3.05) is 35.6 Å². The van der Waals surface area contributed by atoms with Crippen LogP contribution in [-0.4, -0.2) is 45.8 Å². The first kappa shape index (κ1) is 21.4. The Labute approximate surface area is 183 Å². The van der Waals surface area contributed by atoms with E-state index in [0.29, 0.717) is 28.8 Å². The van der Waals surface area contributed by atoms with Gasteiger partial charge in [-0.1, -0.05) is 0 Å². The van der Waals surface area contributed by atoms with Crippen molar-refractivity contribution >= 4 is 67.4 Å². The normalized spacial score (nSPS) is 15.7. The molecule has 1 aromatic carbocycles. The van der Waals surface area contributed by atoms with Crippen LogP contribution >= 0.6 is 22.6 Å². The van der Waals surface area contributed by atoms with Gasteiger partial charge in [-0.15, -0.1) is 0 Å². The summed E-state index contributed by atoms with van der Waals surface area (Å²) in [6, 6.07) is 5.21. The van der Waals surface area contributed by atoms with Gasteiger partial charge in [-0.05, 0) is 66.4 Å². The number of aromatic nitrogens is 2. The van der Waals surface area contributed by atoms with Crippen LogP contribution in [0.4, 0.5) is 27.9 Å². The molecule has 11 heteroatoms. The van der Waals surface area contributed by atoms with Crippen molar-refractivity contribution in [1.29, 1.82) is 0 Å². The number of benzene rings is 1. The lowest BCUT2D eigenvalue weighted by molar-refractivity contribution is 0.159. The van der Waals surface area contributed by atoms with Crippen LogP contribution in [0.25, 0.3) is 0 Å². The van der Waals surface area contributed by atoms with Crippen LogP contribution in [0.3, 0.4) is 0 Å². The molecule has 29 heavy (non-hydrogen) atoms. The minimum atomic E-state index is -3.10. The van der Waals surface area contributed by atoms with E-state index in [2.05, 4.69) is 59.1 Å². The molecule has 2 heterocycles. The number of carbonyl (C=O) groups excluding carboxylic acids is 1. The Bertz CT molecular complexity index is 999. The smallest absolute Gasteiger partial charge is 0.418 e. The molecular weight excluding hydrogens is 507 g/mol.